The molecule has 0 fully saturated rings. The summed E-state index contributed by atoms with van der Waals surface area (Å²) in [5.41, 5.74) is 3.90. The highest BCUT2D eigenvalue weighted by molar-refractivity contribution is 6.21. The second-order valence-corrected chi connectivity index (χ2v) is 7.74. The molecule has 29 heavy (non-hydrogen) atoms. The minimum atomic E-state index is -1.84. The van der Waals surface area contributed by atoms with E-state index >= 15 is 0 Å². The number of nitrogens with one attached hydrogen (secondary N) is 1. The van der Waals surface area contributed by atoms with Gasteiger partial charge in [0, 0.05) is 11.3 Å². The van der Waals surface area contributed by atoms with Crippen molar-refractivity contribution in [1.29, 1.82) is 0 Å². The molecule has 2 heterocycles. The van der Waals surface area contributed by atoms with Gasteiger partial charge in [-0.25, -0.2) is 9.59 Å². The number of hydrogen-bond donors (Lipinski definition) is 2. The summed E-state index contributed by atoms with van der Waals surface area (Å²) in [7, 11) is 0. The fourth-order valence-corrected chi connectivity index (χ4v) is 3.68. The largest absolute Gasteiger partial charge is 0.462 e. The Bertz CT molecular complexity index is 970. The third kappa shape index (κ3) is 3.14. The summed E-state index contributed by atoms with van der Waals surface area (Å²) < 4.78 is 16.2. The van der Waals surface area contributed by atoms with E-state index in [1.54, 1.807) is 52.0 Å². The second kappa shape index (κ2) is 6.95. The number of allylic oxidation sites excluding steroid dienone is 1. The van der Waals surface area contributed by atoms with Crippen molar-refractivity contribution >= 4 is 23.5 Å². The van der Waals surface area contributed by atoms with Crippen LogP contribution in [0.25, 0.3) is 0 Å². The van der Waals surface area contributed by atoms with Crippen molar-refractivity contribution in [1.82, 2.24) is 0 Å². The Morgan fingerprint density at radius 1 is 1.17 bits per heavy atom. The van der Waals surface area contributed by atoms with E-state index in [1.165, 1.54) is 6.92 Å². The van der Waals surface area contributed by atoms with Crippen molar-refractivity contribution in [2.24, 2.45) is 5.73 Å². The molecule has 0 saturated carbocycles. The van der Waals surface area contributed by atoms with Crippen LogP contribution in [-0.2, 0) is 34.0 Å². The molecule has 0 saturated heterocycles. The molecule has 1 aromatic carbocycles. The number of nitrogens with two attached hydrogens (primary N) is 1. The molecular formula is C21H24N2O6. The predicted octanol–water partition coefficient (Wildman–Crippen LogP) is 2.26. The fourth-order valence-electron chi connectivity index (χ4n) is 3.68. The van der Waals surface area contributed by atoms with E-state index in [4.69, 9.17) is 19.9 Å². The number of hydrogen-bond acceptors (Lipinski definition) is 7. The van der Waals surface area contributed by atoms with E-state index in [0.717, 1.165) is 0 Å². The first kappa shape index (κ1) is 20.4. The summed E-state index contributed by atoms with van der Waals surface area (Å²) in [6.07, 6.45) is 0. The molecule has 3 N–H and O–H groups in total. The average Bonchev–Trinajstić information content (AvgIpc) is 2.86. The van der Waals surface area contributed by atoms with Crippen LogP contribution in [0.5, 0.6) is 0 Å². The van der Waals surface area contributed by atoms with Crippen LogP contribution < -0.4 is 11.1 Å². The SMILES string of the molecule is CCOC(=O)C1=C(N)OC(C)=C(C(=O)OC(C)(C)C)C12C(=O)Nc1ccccc12. The highest BCUT2D eigenvalue weighted by atomic mass is 16.6. The molecule has 0 radical (unpaired) electrons. The maximum atomic E-state index is 13.4. The highest BCUT2D eigenvalue weighted by Crippen LogP contribution is 2.52. The third-order valence-electron chi connectivity index (χ3n) is 4.61. The smallest absolute Gasteiger partial charge is 0.341 e. The number of benzene rings is 1. The van der Waals surface area contributed by atoms with E-state index in [2.05, 4.69) is 5.32 Å². The van der Waals surface area contributed by atoms with Crippen molar-refractivity contribution in [3.8, 4) is 0 Å². The summed E-state index contributed by atoms with van der Waals surface area (Å²) in [4.78, 5) is 39.5. The molecule has 154 valence electrons. The maximum absolute atomic E-state index is 13.4. The van der Waals surface area contributed by atoms with Gasteiger partial charge in [0.2, 0.25) is 11.8 Å². The molecular weight excluding hydrogens is 376 g/mol. The van der Waals surface area contributed by atoms with Gasteiger partial charge in [-0.1, -0.05) is 18.2 Å². The summed E-state index contributed by atoms with van der Waals surface area (Å²) in [5, 5.41) is 2.74. The average molecular weight is 400 g/mol. The van der Waals surface area contributed by atoms with Crippen LogP contribution in [0, 0.1) is 0 Å². The van der Waals surface area contributed by atoms with Crippen LogP contribution in [0.4, 0.5) is 5.69 Å². The quantitative estimate of drug-likeness (QED) is 0.747. The number of carbonyl (C=O) groups is 3. The number of anilines is 1. The lowest BCUT2D eigenvalue weighted by Crippen LogP contribution is -2.49. The molecule has 1 amide bonds. The monoisotopic (exact) mass is 400 g/mol. The fraction of sp³-hybridized carbons (Fsp3) is 0.381. The minimum Gasteiger partial charge on any atom is -0.462 e. The number of esters is 2. The zero-order valence-corrected chi connectivity index (χ0v) is 17.0. The molecule has 0 aromatic heterocycles. The summed E-state index contributed by atoms with van der Waals surface area (Å²) >= 11 is 0. The van der Waals surface area contributed by atoms with Crippen molar-refractivity contribution in [2.45, 2.75) is 45.6 Å². The van der Waals surface area contributed by atoms with Crippen LogP contribution >= 0.6 is 0 Å². The summed E-state index contributed by atoms with van der Waals surface area (Å²) in [6, 6.07) is 6.77. The van der Waals surface area contributed by atoms with Crippen molar-refractivity contribution in [3.63, 3.8) is 0 Å². The lowest BCUT2D eigenvalue weighted by Gasteiger charge is -2.36. The Kier molecular flexibility index (Phi) is 4.90. The zero-order chi connectivity index (χ0) is 21.6. The standard InChI is InChI=1S/C21H24N2O6/c1-6-27-17(24)15-16(22)28-11(2)14(18(25)29-20(3,4)5)21(15)12-9-7-8-10-13(12)23-19(21)26/h7-10H,6,22H2,1-5H3,(H,23,26). The molecule has 1 atom stereocenters. The number of amides is 1. The third-order valence-corrected chi connectivity index (χ3v) is 4.61. The van der Waals surface area contributed by atoms with Gasteiger partial charge in [-0.05, 0) is 40.7 Å². The van der Waals surface area contributed by atoms with Crippen LogP contribution in [0.2, 0.25) is 0 Å². The van der Waals surface area contributed by atoms with Crippen LogP contribution in [0.3, 0.4) is 0 Å². The number of para-hydroxylation sites is 1. The molecule has 1 aromatic rings. The first-order valence-electron chi connectivity index (χ1n) is 9.24. The first-order valence-corrected chi connectivity index (χ1v) is 9.24. The molecule has 0 bridgehead atoms. The Balaban J connectivity index is 2.34. The van der Waals surface area contributed by atoms with E-state index in [9.17, 15) is 14.4 Å². The number of carbonyl (C=O) groups excluding carboxylic acids is 3. The van der Waals surface area contributed by atoms with Crippen molar-refractivity contribution in [2.75, 3.05) is 11.9 Å². The molecule has 8 nitrogen and oxygen atoms in total. The van der Waals surface area contributed by atoms with Gasteiger partial charge in [-0.15, -0.1) is 0 Å². The lowest BCUT2D eigenvalue weighted by molar-refractivity contribution is -0.152. The molecule has 0 aliphatic carbocycles. The van der Waals surface area contributed by atoms with Gasteiger partial charge in [0.25, 0.3) is 0 Å². The van der Waals surface area contributed by atoms with Crippen LogP contribution in [-0.4, -0.2) is 30.1 Å². The van der Waals surface area contributed by atoms with Crippen LogP contribution in [0.15, 0.2) is 47.1 Å². The minimum absolute atomic E-state index is 0.0550. The molecule has 2 aliphatic rings. The van der Waals surface area contributed by atoms with Gasteiger partial charge in [0.1, 0.15) is 27.9 Å². The topological polar surface area (TPSA) is 117 Å². The van der Waals surface area contributed by atoms with E-state index in [1.807, 2.05) is 0 Å². The van der Waals surface area contributed by atoms with Gasteiger partial charge in [-0.3, -0.25) is 4.79 Å². The second-order valence-electron chi connectivity index (χ2n) is 7.74. The predicted molar refractivity (Wildman–Crippen MR) is 104 cm³/mol. The number of fused-ring (bicyclic) bond motifs is 2. The van der Waals surface area contributed by atoms with Crippen LogP contribution in [0.1, 0.15) is 40.2 Å². The number of rotatable bonds is 3. The first-order chi connectivity index (χ1) is 13.5. The van der Waals surface area contributed by atoms with Crippen molar-refractivity contribution in [3.05, 3.63) is 52.6 Å². The van der Waals surface area contributed by atoms with Gasteiger partial charge in [-0.2, -0.15) is 0 Å². The normalized spacial score (nSPS) is 20.9. The lowest BCUT2D eigenvalue weighted by atomic mass is 9.67. The van der Waals surface area contributed by atoms with E-state index in [0.29, 0.717) is 11.3 Å². The Hall–Kier alpha value is -3.29. The summed E-state index contributed by atoms with van der Waals surface area (Å²) in [5.74, 6) is -2.44. The molecule has 3 rings (SSSR count). The molecule has 8 heteroatoms. The molecule has 1 spiro atoms. The Labute approximate surface area is 168 Å². The Morgan fingerprint density at radius 2 is 1.83 bits per heavy atom. The van der Waals surface area contributed by atoms with Gasteiger partial charge in [0.15, 0.2) is 0 Å². The summed E-state index contributed by atoms with van der Waals surface area (Å²) in [6.45, 7) is 8.30. The van der Waals surface area contributed by atoms with Crippen molar-refractivity contribution < 1.29 is 28.6 Å². The zero-order valence-electron chi connectivity index (χ0n) is 17.0. The van der Waals surface area contributed by atoms with E-state index < -0.39 is 28.9 Å². The van der Waals surface area contributed by atoms with E-state index in [-0.39, 0.29) is 29.4 Å². The van der Waals surface area contributed by atoms with Gasteiger partial charge in [0.05, 0.1) is 6.61 Å². The number of ether oxygens (including phenoxy) is 3. The van der Waals surface area contributed by atoms with Gasteiger partial charge >= 0.3 is 11.9 Å². The molecule has 2 aliphatic heterocycles. The maximum Gasteiger partial charge on any atom is 0.341 e. The highest BCUT2D eigenvalue weighted by Gasteiger charge is 2.62. The van der Waals surface area contributed by atoms with Gasteiger partial charge < -0.3 is 25.3 Å². The molecule has 1 unspecified atom stereocenters. The Morgan fingerprint density at radius 3 is 2.45 bits per heavy atom.